The van der Waals surface area contributed by atoms with Crippen molar-refractivity contribution in [1.29, 1.82) is 0 Å². The Balaban J connectivity index is 1.33. The molecule has 10 nitrogen and oxygen atoms in total. The number of hydrogen-bond donors (Lipinski definition) is 1. The zero-order chi connectivity index (χ0) is 29.8. The molecule has 0 bridgehead atoms. The average Bonchev–Trinajstić information content (AvgIpc) is 3.75. The molecule has 41 heavy (non-hydrogen) atoms. The van der Waals surface area contributed by atoms with Gasteiger partial charge in [0.1, 0.15) is 5.60 Å². The highest BCUT2D eigenvalue weighted by Gasteiger charge is 2.40. The quantitative estimate of drug-likeness (QED) is 0.462. The zero-order valence-corrected chi connectivity index (χ0v) is 23.2. The number of nitrogens with one attached hydrogen (secondary N) is 1. The highest BCUT2D eigenvalue weighted by atomic mass is 19.4. The largest absolute Gasteiger partial charge is 0.522 e. The van der Waals surface area contributed by atoms with Crippen LogP contribution in [0.25, 0.3) is 11.4 Å². The summed E-state index contributed by atoms with van der Waals surface area (Å²) in [4.78, 5) is 50.4. The number of carbonyl (C=O) groups is 3. The Bertz CT molecular complexity index is 1220. The number of ether oxygens (including phenoxy) is 2. The molecule has 0 atom stereocenters. The van der Waals surface area contributed by atoms with Crippen molar-refractivity contribution in [3.63, 3.8) is 0 Å². The van der Waals surface area contributed by atoms with Gasteiger partial charge in [-0.25, -0.2) is 14.8 Å². The third-order valence-corrected chi connectivity index (χ3v) is 6.64. The predicted molar refractivity (Wildman–Crippen MR) is 142 cm³/mol. The van der Waals surface area contributed by atoms with E-state index in [2.05, 4.69) is 20.0 Å². The minimum absolute atomic E-state index is 0.00655. The van der Waals surface area contributed by atoms with Gasteiger partial charge in [-0.1, -0.05) is 12.1 Å². The van der Waals surface area contributed by atoms with Crippen LogP contribution in [0.15, 0.2) is 36.7 Å². The SMILES string of the molecule is CC(C)(C)OC(=O)N1CCC(N(C(=O)c2cnc(-c3ccc(C(=O)NCCOC(F)(F)F)cc3)nc2)C2CC2)CC1. The van der Waals surface area contributed by atoms with E-state index < -0.39 is 24.5 Å². The summed E-state index contributed by atoms with van der Waals surface area (Å²) in [6, 6.07) is 6.43. The van der Waals surface area contributed by atoms with Gasteiger partial charge < -0.3 is 19.9 Å². The molecule has 4 rings (SSSR count). The number of benzene rings is 1. The summed E-state index contributed by atoms with van der Waals surface area (Å²) in [6.07, 6.45) is 1.08. The fraction of sp³-hybridized carbons (Fsp3) is 0.536. The molecule has 1 aromatic carbocycles. The van der Waals surface area contributed by atoms with E-state index in [0.29, 0.717) is 42.9 Å². The third kappa shape index (κ3) is 8.62. The van der Waals surface area contributed by atoms with Gasteiger partial charge >= 0.3 is 12.5 Å². The summed E-state index contributed by atoms with van der Waals surface area (Å²) < 4.78 is 45.2. The number of nitrogens with zero attached hydrogens (tertiary/aromatic N) is 4. The van der Waals surface area contributed by atoms with E-state index in [1.54, 1.807) is 17.0 Å². The monoisotopic (exact) mass is 577 g/mol. The van der Waals surface area contributed by atoms with Crippen molar-refractivity contribution in [3.8, 4) is 11.4 Å². The predicted octanol–water partition coefficient (Wildman–Crippen LogP) is 4.41. The van der Waals surface area contributed by atoms with E-state index in [9.17, 15) is 27.6 Å². The summed E-state index contributed by atoms with van der Waals surface area (Å²) in [7, 11) is 0. The molecule has 1 aliphatic carbocycles. The van der Waals surface area contributed by atoms with Gasteiger partial charge in [0.15, 0.2) is 5.82 Å². The first-order valence-electron chi connectivity index (χ1n) is 13.5. The highest BCUT2D eigenvalue weighted by Crippen LogP contribution is 2.33. The first-order valence-corrected chi connectivity index (χ1v) is 13.5. The van der Waals surface area contributed by atoms with Crippen LogP contribution < -0.4 is 5.32 Å². The van der Waals surface area contributed by atoms with Gasteiger partial charge in [0.25, 0.3) is 11.8 Å². The smallest absolute Gasteiger partial charge is 0.444 e. The Morgan fingerprint density at radius 1 is 0.951 bits per heavy atom. The number of halogens is 3. The van der Waals surface area contributed by atoms with Gasteiger partial charge in [-0.15, -0.1) is 13.2 Å². The Morgan fingerprint density at radius 3 is 2.07 bits per heavy atom. The van der Waals surface area contributed by atoms with Crippen molar-refractivity contribution in [2.45, 2.75) is 70.5 Å². The molecule has 13 heteroatoms. The average molecular weight is 578 g/mol. The van der Waals surface area contributed by atoms with E-state index in [1.807, 2.05) is 25.7 Å². The molecule has 0 unspecified atom stereocenters. The molecule has 2 fully saturated rings. The normalized spacial score (nSPS) is 16.3. The maximum Gasteiger partial charge on any atom is 0.522 e. The maximum absolute atomic E-state index is 13.5. The summed E-state index contributed by atoms with van der Waals surface area (Å²) in [5, 5.41) is 2.36. The van der Waals surface area contributed by atoms with Crippen LogP contribution in [0, 0.1) is 0 Å². The summed E-state index contributed by atoms with van der Waals surface area (Å²) in [5.41, 5.74) is 0.664. The number of rotatable bonds is 8. The zero-order valence-electron chi connectivity index (χ0n) is 23.2. The number of carbonyl (C=O) groups excluding carboxylic acids is 3. The van der Waals surface area contributed by atoms with Gasteiger partial charge in [0.05, 0.1) is 12.2 Å². The number of amides is 3. The van der Waals surface area contributed by atoms with Crippen molar-refractivity contribution < 1.29 is 37.0 Å². The Labute approximate surface area is 236 Å². The van der Waals surface area contributed by atoms with E-state index in [4.69, 9.17) is 4.74 Å². The lowest BCUT2D eigenvalue weighted by molar-refractivity contribution is -0.323. The fourth-order valence-electron chi connectivity index (χ4n) is 4.58. The van der Waals surface area contributed by atoms with E-state index in [-0.39, 0.29) is 36.2 Å². The molecule has 1 saturated heterocycles. The molecule has 1 saturated carbocycles. The Morgan fingerprint density at radius 2 is 1.54 bits per heavy atom. The van der Waals surface area contributed by atoms with Crippen molar-refractivity contribution in [2.24, 2.45) is 0 Å². The number of aromatic nitrogens is 2. The van der Waals surface area contributed by atoms with Crippen LogP contribution in [0.1, 0.15) is 67.2 Å². The first kappa shape index (κ1) is 30.2. The topological polar surface area (TPSA) is 114 Å². The van der Waals surface area contributed by atoms with Gasteiger partial charge in [-0.05, 0) is 58.6 Å². The number of hydrogen-bond acceptors (Lipinski definition) is 7. The number of piperidine rings is 1. The van der Waals surface area contributed by atoms with Gasteiger partial charge in [0.2, 0.25) is 0 Å². The molecule has 2 aliphatic rings. The number of alkyl halides is 3. The second-order valence-electron chi connectivity index (χ2n) is 11.1. The molecule has 0 spiro atoms. The van der Waals surface area contributed by atoms with Crippen molar-refractivity contribution >= 4 is 17.9 Å². The van der Waals surface area contributed by atoms with Crippen LogP contribution >= 0.6 is 0 Å². The summed E-state index contributed by atoms with van der Waals surface area (Å²) in [6.45, 7) is 5.55. The van der Waals surface area contributed by atoms with Gasteiger partial charge in [-0.2, -0.15) is 0 Å². The van der Waals surface area contributed by atoms with Crippen molar-refractivity contribution in [2.75, 3.05) is 26.2 Å². The summed E-state index contributed by atoms with van der Waals surface area (Å²) in [5.74, 6) is -0.326. The molecule has 1 aliphatic heterocycles. The summed E-state index contributed by atoms with van der Waals surface area (Å²) >= 11 is 0. The van der Waals surface area contributed by atoms with Crippen molar-refractivity contribution in [3.05, 3.63) is 47.8 Å². The van der Waals surface area contributed by atoms with Gasteiger partial charge in [-0.3, -0.25) is 14.3 Å². The molecule has 3 amide bonds. The molecule has 0 radical (unpaired) electrons. The van der Waals surface area contributed by atoms with Crippen LogP contribution in [-0.2, 0) is 9.47 Å². The van der Waals surface area contributed by atoms with Crippen LogP contribution in [0.5, 0.6) is 0 Å². The van der Waals surface area contributed by atoms with E-state index >= 15 is 0 Å². The standard InChI is InChI=1S/C28H34F3N5O5/c1-27(2,3)41-26(39)35-13-10-22(11-14-35)36(21-8-9-21)25(38)20-16-33-23(34-17-20)18-4-6-19(7-5-18)24(37)32-12-15-40-28(29,30)31/h4-7,16-17,21-22H,8-15H2,1-3H3,(H,32,37). The minimum Gasteiger partial charge on any atom is -0.444 e. The first-order chi connectivity index (χ1) is 19.3. The van der Waals surface area contributed by atoms with Crippen LogP contribution in [0.2, 0.25) is 0 Å². The molecule has 2 heterocycles. The minimum atomic E-state index is -4.75. The lowest BCUT2D eigenvalue weighted by Crippen LogP contribution is -2.50. The second-order valence-corrected chi connectivity index (χ2v) is 11.1. The second kappa shape index (κ2) is 12.4. The van der Waals surface area contributed by atoms with Crippen molar-refractivity contribution in [1.82, 2.24) is 25.1 Å². The molecule has 1 N–H and O–H groups in total. The molecule has 2 aromatic rings. The number of likely N-dealkylation sites (tertiary alicyclic amines) is 1. The lowest BCUT2D eigenvalue weighted by Gasteiger charge is -2.39. The van der Waals surface area contributed by atoms with E-state index in [0.717, 1.165) is 12.8 Å². The maximum atomic E-state index is 13.5. The molecular formula is C28H34F3N5O5. The molecule has 1 aromatic heterocycles. The fourth-order valence-corrected chi connectivity index (χ4v) is 4.58. The van der Waals surface area contributed by atoms with E-state index in [1.165, 1.54) is 24.5 Å². The Hall–Kier alpha value is -3.74. The van der Waals surface area contributed by atoms with Crippen LogP contribution in [0.3, 0.4) is 0 Å². The highest BCUT2D eigenvalue weighted by molar-refractivity contribution is 5.95. The Kier molecular flexibility index (Phi) is 9.15. The molecule has 222 valence electrons. The molecular weight excluding hydrogens is 543 g/mol. The third-order valence-electron chi connectivity index (χ3n) is 6.64. The van der Waals surface area contributed by atoms with Gasteiger partial charge in [0, 0.05) is 55.2 Å². The van der Waals surface area contributed by atoms with Crippen LogP contribution in [0.4, 0.5) is 18.0 Å². The van der Waals surface area contributed by atoms with Crippen LogP contribution in [-0.4, -0.2) is 88.0 Å². The lowest BCUT2D eigenvalue weighted by atomic mass is 10.0.